The van der Waals surface area contributed by atoms with Crippen molar-refractivity contribution in [2.24, 2.45) is 0 Å². The zero-order valence-corrected chi connectivity index (χ0v) is 14.1. The third-order valence-corrected chi connectivity index (χ3v) is 4.82. The number of esters is 1. The zero-order chi connectivity index (χ0) is 17.7. The van der Waals surface area contributed by atoms with Crippen LogP contribution in [0.1, 0.15) is 27.0 Å². The van der Waals surface area contributed by atoms with Crippen LogP contribution in [0.25, 0.3) is 11.0 Å². The topological polar surface area (TPSA) is 57.0 Å². The first-order chi connectivity index (χ1) is 12.7. The molecular weight excluding hydrogens is 326 g/mol. The molecule has 4 aromatic rings. The van der Waals surface area contributed by atoms with Gasteiger partial charge in [0.05, 0.1) is 11.1 Å². The van der Waals surface area contributed by atoms with Gasteiger partial charge in [0.25, 0.3) is 5.72 Å². The lowest BCUT2D eigenvalue weighted by molar-refractivity contribution is -0.00697. The van der Waals surface area contributed by atoms with E-state index in [1.165, 1.54) is 0 Å². The van der Waals surface area contributed by atoms with E-state index in [0.29, 0.717) is 5.56 Å². The number of hydrogen-bond donors (Lipinski definition) is 0. The van der Waals surface area contributed by atoms with Crippen LogP contribution in [0.4, 0.5) is 0 Å². The van der Waals surface area contributed by atoms with Gasteiger partial charge in [0, 0.05) is 11.1 Å². The predicted octanol–water partition coefficient (Wildman–Crippen LogP) is 3.66. The first-order valence-corrected chi connectivity index (χ1v) is 8.41. The van der Waals surface area contributed by atoms with Crippen molar-refractivity contribution >= 4 is 17.0 Å². The Morgan fingerprint density at radius 1 is 0.962 bits per heavy atom. The third kappa shape index (κ3) is 1.88. The van der Waals surface area contributed by atoms with Crippen LogP contribution in [-0.2, 0) is 10.5 Å². The molecule has 1 atom stereocenters. The molecule has 0 amide bonds. The lowest BCUT2D eigenvalue weighted by atomic mass is 9.92. The fourth-order valence-corrected chi connectivity index (χ4v) is 3.63. The van der Waals surface area contributed by atoms with Crippen molar-refractivity contribution < 1.29 is 9.53 Å². The predicted molar refractivity (Wildman–Crippen MR) is 96.7 cm³/mol. The summed E-state index contributed by atoms with van der Waals surface area (Å²) in [6.45, 7) is 2.01. The van der Waals surface area contributed by atoms with Crippen LogP contribution in [0.2, 0.25) is 0 Å². The van der Waals surface area contributed by atoms with Crippen molar-refractivity contribution in [2.75, 3.05) is 0 Å². The molecule has 0 spiro atoms. The fourth-order valence-electron chi connectivity index (χ4n) is 3.63. The molecule has 3 aromatic carbocycles. The minimum Gasteiger partial charge on any atom is -0.424 e. The van der Waals surface area contributed by atoms with E-state index in [1.54, 1.807) is 10.7 Å². The van der Waals surface area contributed by atoms with Gasteiger partial charge in [-0.3, -0.25) is 0 Å². The molecule has 2 heterocycles. The minimum absolute atomic E-state index is 0.361. The number of ether oxygens (including phenoxy) is 1. The maximum atomic E-state index is 12.7. The normalized spacial score (nSPS) is 18.7. The molecule has 0 saturated carbocycles. The highest BCUT2D eigenvalue weighted by Gasteiger charge is 2.50. The largest absolute Gasteiger partial charge is 0.424 e. The van der Waals surface area contributed by atoms with Gasteiger partial charge in [0.15, 0.2) is 0 Å². The molecule has 26 heavy (non-hydrogen) atoms. The average Bonchev–Trinajstić information content (AvgIpc) is 3.22. The molecular formula is C21H15N3O2. The van der Waals surface area contributed by atoms with Crippen LogP contribution in [0.15, 0.2) is 72.8 Å². The molecule has 5 nitrogen and oxygen atoms in total. The average molecular weight is 341 g/mol. The number of carbonyl (C=O) groups is 1. The van der Waals surface area contributed by atoms with Crippen molar-refractivity contribution in [1.82, 2.24) is 15.0 Å². The van der Waals surface area contributed by atoms with Crippen molar-refractivity contribution in [3.05, 3.63) is 95.1 Å². The summed E-state index contributed by atoms with van der Waals surface area (Å²) in [5.74, 6) is -0.361. The monoisotopic (exact) mass is 341 g/mol. The molecule has 1 unspecified atom stereocenters. The molecule has 1 aliphatic rings. The molecule has 0 aliphatic carbocycles. The number of hydrogen-bond acceptors (Lipinski definition) is 4. The van der Waals surface area contributed by atoms with Crippen molar-refractivity contribution in [1.29, 1.82) is 0 Å². The Morgan fingerprint density at radius 3 is 2.58 bits per heavy atom. The fraction of sp³-hybridized carbons (Fsp3) is 0.0952. The second-order valence-corrected chi connectivity index (χ2v) is 6.44. The second-order valence-electron chi connectivity index (χ2n) is 6.44. The number of benzene rings is 3. The standard InChI is InChI=1S/C21H15N3O2/c1-14-11-12-19-18(13-14)22-23-24(19)21(15-7-3-2-4-8-15)17-10-6-5-9-16(17)20(25)26-21/h2-13H,1H3. The van der Waals surface area contributed by atoms with E-state index in [0.717, 1.165) is 27.7 Å². The number of cyclic esters (lactones) is 1. The Kier molecular flexibility index (Phi) is 3.00. The molecule has 0 bridgehead atoms. The number of carbonyl (C=O) groups excluding carboxylic acids is 1. The maximum Gasteiger partial charge on any atom is 0.341 e. The number of fused-ring (bicyclic) bond motifs is 2. The van der Waals surface area contributed by atoms with Crippen LogP contribution in [-0.4, -0.2) is 21.0 Å². The summed E-state index contributed by atoms with van der Waals surface area (Å²) in [4.78, 5) is 12.7. The highest BCUT2D eigenvalue weighted by atomic mass is 16.6. The summed E-state index contributed by atoms with van der Waals surface area (Å²) in [6, 6.07) is 23.0. The van der Waals surface area contributed by atoms with E-state index in [1.807, 2.05) is 73.7 Å². The Morgan fingerprint density at radius 2 is 1.73 bits per heavy atom. The van der Waals surface area contributed by atoms with Crippen LogP contribution in [0.5, 0.6) is 0 Å². The van der Waals surface area contributed by atoms with Crippen LogP contribution in [0, 0.1) is 6.92 Å². The van der Waals surface area contributed by atoms with Gasteiger partial charge in [-0.2, -0.15) is 4.68 Å². The molecule has 0 fully saturated rings. The molecule has 5 heteroatoms. The molecule has 1 aromatic heterocycles. The van der Waals surface area contributed by atoms with Gasteiger partial charge in [0.1, 0.15) is 5.52 Å². The summed E-state index contributed by atoms with van der Waals surface area (Å²) in [5, 5.41) is 8.70. The van der Waals surface area contributed by atoms with Gasteiger partial charge in [-0.05, 0) is 30.7 Å². The molecule has 0 N–H and O–H groups in total. The molecule has 5 rings (SSSR count). The van der Waals surface area contributed by atoms with Crippen LogP contribution >= 0.6 is 0 Å². The first-order valence-electron chi connectivity index (χ1n) is 8.41. The highest BCUT2D eigenvalue weighted by molar-refractivity contribution is 5.95. The Labute approximate surface area is 149 Å². The van der Waals surface area contributed by atoms with E-state index in [9.17, 15) is 4.79 Å². The summed E-state index contributed by atoms with van der Waals surface area (Å²) < 4.78 is 7.72. The van der Waals surface area contributed by atoms with Gasteiger partial charge >= 0.3 is 5.97 Å². The Bertz CT molecular complexity index is 1150. The number of aryl methyl sites for hydroxylation is 1. The number of rotatable bonds is 2. The van der Waals surface area contributed by atoms with E-state index in [2.05, 4.69) is 10.3 Å². The summed E-state index contributed by atoms with van der Waals surface area (Å²) >= 11 is 0. The van der Waals surface area contributed by atoms with Gasteiger partial charge in [-0.1, -0.05) is 59.8 Å². The van der Waals surface area contributed by atoms with E-state index >= 15 is 0 Å². The number of nitrogens with zero attached hydrogens (tertiary/aromatic N) is 3. The smallest absolute Gasteiger partial charge is 0.341 e. The van der Waals surface area contributed by atoms with Gasteiger partial charge < -0.3 is 4.74 Å². The molecule has 126 valence electrons. The second kappa shape index (κ2) is 5.26. The number of aromatic nitrogens is 3. The van der Waals surface area contributed by atoms with Crippen LogP contribution < -0.4 is 0 Å². The summed E-state index contributed by atoms with van der Waals surface area (Å²) in [6.07, 6.45) is 0. The van der Waals surface area contributed by atoms with Crippen molar-refractivity contribution in [3.8, 4) is 0 Å². The summed E-state index contributed by atoms with van der Waals surface area (Å²) in [5.41, 5.74) is 3.65. The summed E-state index contributed by atoms with van der Waals surface area (Å²) in [7, 11) is 0. The van der Waals surface area contributed by atoms with E-state index in [-0.39, 0.29) is 5.97 Å². The molecule has 0 saturated heterocycles. The quantitative estimate of drug-likeness (QED) is 0.522. The van der Waals surface area contributed by atoms with Crippen molar-refractivity contribution in [2.45, 2.75) is 12.6 Å². The lowest BCUT2D eigenvalue weighted by Gasteiger charge is -2.29. The van der Waals surface area contributed by atoms with E-state index < -0.39 is 5.72 Å². The molecule has 1 aliphatic heterocycles. The van der Waals surface area contributed by atoms with Gasteiger partial charge in [0.2, 0.25) is 0 Å². The highest BCUT2D eigenvalue weighted by Crippen LogP contribution is 2.43. The zero-order valence-electron chi connectivity index (χ0n) is 14.1. The van der Waals surface area contributed by atoms with Gasteiger partial charge in [-0.15, -0.1) is 5.10 Å². The first kappa shape index (κ1) is 14.8. The minimum atomic E-state index is -1.17. The molecule has 0 radical (unpaired) electrons. The van der Waals surface area contributed by atoms with Crippen molar-refractivity contribution in [3.63, 3.8) is 0 Å². The third-order valence-electron chi connectivity index (χ3n) is 4.82. The van der Waals surface area contributed by atoms with Crippen LogP contribution in [0.3, 0.4) is 0 Å². The van der Waals surface area contributed by atoms with Gasteiger partial charge in [-0.25, -0.2) is 4.79 Å². The van der Waals surface area contributed by atoms with E-state index in [4.69, 9.17) is 4.74 Å². The lowest BCUT2D eigenvalue weighted by Crippen LogP contribution is -2.37. The Hall–Kier alpha value is -3.47. The Balaban J connectivity index is 1.89. The SMILES string of the molecule is Cc1ccc2c(c1)nnn2C1(c2ccccc2)OC(=O)c2ccccc21. The maximum absolute atomic E-state index is 12.7.